The normalized spacial score (nSPS) is 11.3. The van der Waals surface area contributed by atoms with E-state index in [1.165, 1.54) is 0 Å². The molecule has 0 amide bonds. The number of hydrogen-bond donors (Lipinski definition) is 1. The highest BCUT2D eigenvalue weighted by atomic mass is 16.1. The summed E-state index contributed by atoms with van der Waals surface area (Å²) in [6.07, 6.45) is 2.21. The van der Waals surface area contributed by atoms with Crippen LogP contribution in [-0.4, -0.2) is 24.8 Å². The quantitative estimate of drug-likeness (QED) is 0.529. The number of benzene rings is 2. The van der Waals surface area contributed by atoms with E-state index in [2.05, 4.69) is 34.2 Å². The molecule has 0 fully saturated rings. The summed E-state index contributed by atoms with van der Waals surface area (Å²) < 4.78 is 1.79. The van der Waals surface area contributed by atoms with Crippen LogP contribution in [0.15, 0.2) is 71.7 Å². The topological polar surface area (TPSA) is 75.9 Å². The molecule has 0 saturated carbocycles. The van der Waals surface area contributed by atoms with Crippen LogP contribution in [0.2, 0.25) is 0 Å². The molecule has 5 aromatic rings. The summed E-state index contributed by atoms with van der Waals surface area (Å²) in [5, 5.41) is 15.0. The van der Waals surface area contributed by atoms with Gasteiger partial charge in [-0.3, -0.25) is 4.79 Å². The van der Waals surface area contributed by atoms with Crippen molar-refractivity contribution < 1.29 is 0 Å². The van der Waals surface area contributed by atoms with E-state index in [9.17, 15) is 4.79 Å². The second-order valence-electron chi connectivity index (χ2n) is 6.78. The van der Waals surface area contributed by atoms with Crippen molar-refractivity contribution in [3.63, 3.8) is 0 Å². The zero-order chi connectivity index (χ0) is 19.1. The van der Waals surface area contributed by atoms with Crippen LogP contribution < -0.4 is 5.56 Å². The number of fused-ring (bicyclic) bond motifs is 2. The lowest BCUT2D eigenvalue weighted by Crippen LogP contribution is -2.06. The lowest BCUT2D eigenvalue weighted by Gasteiger charge is -2.07. The Balaban J connectivity index is 1.63. The first-order valence-electron chi connectivity index (χ1n) is 9.07. The summed E-state index contributed by atoms with van der Waals surface area (Å²) in [5.74, 6) is 0.734. The first-order valence-corrected chi connectivity index (χ1v) is 9.07. The average Bonchev–Trinajstić information content (AvgIpc) is 3.11. The van der Waals surface area contributed by atoms with Gasteiger partial charge in [-0.1, -0.05) is 36.4 Å². The third-order valence-corrected chi connectivity index (χ3v) is 5.00. The minimum Gasteiger partial charge on any atom is -0.329 e. The van der Waals surface area contributed by atoms with Crippen molar-refractivity contribution in [1.82, 2.24) is 24.8 Å². The Bertz CT molecular complexity index is 1380. The number of aromatic amines is 1. The zero-order valence-electron chi connectivity index (χ0n) is 15.3. The van der Waals surface area contributed by atoms with Crippen LogP contribution >= 0.6 is 0 Å². The van der Waals surface area contributed by atoms with E-state index in [4.69, 9.17) is 5.10 Å². The monoisotopic (exact) mass is 367 g/mol. The van der Waals surface area contributed by atoms with Crippen LogP contribution in [0, 0.1) is 6.92 Å². The average molecular weight is 367 g/mol. The summed E-state index contributed by atoms with van der Waals surface area (Å²) in [7, 11) is 0. The molecule has 2 aromatic carbocycles. The number of aromatic nitrogens is 5. The summed E-state index contributed by atoms with van der Waals surface area (Å²) in [4.78, 5) is 14.8. The number of nitrogens with zero attached hydrogens (tertiary/aromatic N) is 4. The molecule has 136 valence electrons. The summed E-state index contributed by atoms with van der Waals surface area (Å²) in [5.41, 5.74) is 4.75. The van der Waals surface area contributed by atoms with E-state index >= 15 is 0 Å². The predicted octanol–water partition coefficient (Wildman–Crippen LogP) is 3.53. The number of rotatable bonds is 3. The van der Waals surface area contributed by atoms with E-state index in [1.807, 2.05) is 48.5 Å². The third kappa shape index (κ3) is 2.66. The van der Waals surface area contributed by atoms with Crippen LogP contribution in [0.3, 0.4) is 0 Å². The number of hydrogen-bond acceptors (Lipinski definition) is 4. The van der Waals surface area contributed by atoms with Crippen LogP contribution in [-0.2, 0) is 6.42 Å². The molecule has 28 heavy (non-hydrogen) atoms. The van der Waals surface area contributed by atoms with E-state index in [1.54, 1.807) is 10.7 Å². The van der Waals surface area contributed by atoms with Crippen LogP contribution in [0.4, 0.5) is 0 Å². The van der Waals surface area contributed by atoms with Gasteiger partial charge in [0.1, 0.15) is 0 Å². The number of aryl methyl sites for hydroxylation is 1. The van der Waals surface area contributed by atoms with Gasteiger partial charge in [0.2, 0.25) is 0 Å². The summed E-state index contributed by atoms with van der Waals surface area (Å²) in [6.45, 7) is 2.07. The molecule has 0 saturated heterocycles. The van der Waals surface area contributed by atoms with Crippen LogP contribution in [0.25, 0.3) is 27.7 Å². The maximum atomic E-state index is 12.1. The molecule has 6 nitrogen and oxygen atoms in total. The SMILES string of the molecule is Cc1ccccc1-c1ccc2nnc(Cc3cccc4c(=O)[nH]ccc34)n2n1. The molecule has 3 heterocycles. The minimum atomic E-state index is -0.0922. The van der Waals surface area contributed by atoms with Crippen molar-refractivity contribution in [3.8, 4) is 11.3 Å². The van der Waals surface area contributed by atoms with Crippen molar-refractivity contribution in [2.24, 2.45) is 0 Å². The lowest BCUT2D eigenvalue weighted by atomic mass is 10.0. The standard InChI is InChI=1S/C22H17N5O/c1-14-5-2-3-7-16(14)19-9-10-20-24-25-21(27(20)26-19)13-15-6-4-8-18-17(15)11-12-23-22(18)28/h2-12H,13H2,1H3,(H,23,28). The molecule has 0 bridgehead atoms. The van der Waals surface area contributed by atoms with Gasteiger partial charge in [-0.2, -0.15) is 9.61 Å². The Morgan fingerprint density at radius 3 is 2.71 bits per heavy atom. The zero-order valence-corrected chi connectivity index (χ0v) is 15.3. The van der Waals surface area contributed by atoms with Crippen LogP contribution in [0.5, 0.6) is 0 Å². The van der Waals surface area contributed by atoms with Gasteiger partial charge in [-0.25, -0.2) is 0 Å². The van der Waals surface area contributed by atoms with Gasteiger partial charge < -0.3 is 4.98 Å². The Morgan fingerprint density at radius 2 is 1.82 bits per heavy atom. The lowest BCUT2D eigenvalue weighted by molar-refractivity contribution is 0.843. The Hall–Kier alpha value is -3.80. The van der Waals surface area contributed by atoms with E-state index < -0.39 is 0 Å². The van der Waals surface area contributed by atoms with E-state index in [0.29, 0.717) is 17.5 Å². The molecule has 0 aliphatic rings. The van der Waals surface area contributed by atoms with Gasteiger partial charge in [0, 0.05) is 23.6 Å². The van der Waals surface area contributed by atoms with Crippen LogP contribution in [0.1, 0.15) is 17.0 Å². The van der Waals surface area contributed by atoms with Gasteiger partial charge >= 0.3 is 0 Å². The highest BCUT2D eigenvalue weighted by molar-refractivity contribution is 5.84. The smallest absolute Gasteiger partial charge is 0.255 e. The highest BCUT2D eigenvalue weighted by Gasteiger charge is 2.12. The fraction of sp³-hybridized carbons (Fsp3) is 0.0909. The van der Waals surface area contributed by atoms with Gasteiger partial charge in [-0.15, -0.1) is 10.2 Å². The fourth-order valence-electron chi connectivity index (χ4n) is 3.56. The van der Waals surface area contributed by atoms with Gasteiger partial charge in [0.05, 0.1) is 5.69 Å². The highest BCUT2D eigenvalue weighted by Crippen LogP contribution is 2.22. The van der Waals surface area contributed by atoms with Crippen molar-refractivity contribution in [2.45, 2.75) is 13.3 Å². The molecule has 0 atom stereocenters. The van der Waals surface area contributed by atoms with Gasteiger partial charge in [0.25, 0.3) is 5.56 Å². The minimum absolute atomic E-state index is 0.0922. The van der Waals surface area contributed by atoms with Crippen molar-refractivity contribution >= 4 is 16.4 Å². The second-order valence-corrected chi connectivity index (χ2v) is 6.78. The molecular formula is C22H17N5O. The second kappa shape index (κ2) is 6.42. The summed E-state index contributed by atoms with van der Waals surface area (Å²) in [6, 6.07) is 19.7. The Morgan fingerprint density at radius 1 is 0.929 bits per heavy atom. The molecular weight excluding hydrogens is 350 g/mol. The molecule has 0 aliphatic heterocycles. The number of nitrogens with one attached hydrogen (secondary N) is 1. The first-order chi connectivity index (χ1) is 13.7. The molecule has 0 radical (unpaired) electrons. The third-order valence-electron chi connectivity index (χ3n) is 5.00. The predicted molar refractivity (Wildman–Crippen MR) is 108 cm³/mol. The molecule has 0 spiro atoms. The van der Waals surface area contributed by atoms with E-state index in [0.717, 1.165) is 33.6 Å². The molecule has 0 unspecified atom stereocenters. The largest absolute Gasteiger partial charge is 0.329 e. The Kier molecular flexibility index (Phi) is 3.76. The fourth-order valence-corrected chi connectivity index (χ4v) is 3.56. The summed E-state index contributed by atoms with van der Waals surface area (Å²) >= 11 is 0. The molecule has 0 aliphatic carbocycles. The maximum Gasteiger partial charge on any atom is 0.255 e. The van der Waals surface area contributed by atoms with Gasteiger partial charge in [0.15, 0.2) is 11.5 Å². The molecule has 6 heteroatoms. The molecule has 1 N–H and O–H groups in total. The Labute approximate surface area is 160 Å². The van der Waals surface area contributed by atoms with Crippen molar-refractivity contribution in [3.05, 3.63) is 94.2 Å². The van der Waals surface area contributed by atoms with E-state index in [-0.39, 0.29) is 5.56 Å². The maximum absolute atomic E-state index is 12.1. The number of pyridine rings is 1. The van der Waals surface area contributed by atoms with Crippen molar-refractivity contribution in [1.29, 1.82) is 0 Å². The van der Waals surface area contributed by atoms with Crippen molar-refractivity contribution in [2.75, 3.05) is 0 Å². The molecule has 3 aromatic heterocycles. The number of H-pyrrole nitrogens is 1. The van der Waals surface area contributed by atoms with Gasteiger partial charge in [-0.05, 0) is 47.7 Å². The first kappa shape index (κ1) is 16.4. The molecule has 5 rings (SSSR count).